The molecule has 3 aromatic rings. The third-order valence-electron chi connectivity index (χ3n) is 2.74. The van der Waals surface area contributed by atoms with Crippen molar-refractivity contribution in [2.75, 3.05) is 0 Å². The predicted molar refractivity (Wildman–Crippen MR) is 73.4 cm³/mol. The van der Waals surface area contributed by atoms with Gasteiger partial charge in [-0.1, -0.05) is 23.7 Å². The van der Waals surface area contributed by atoms with Crippen LogP contribution in [-0.2, 0) is 6.54 Å². The molecule has 0 aliphatic rings. The van der Waals surface area contributed by atoms with Crippen LogP contribution in [0, 0.1) is 0 Å². The van der Waals surface area contributed by atoms with Crippen molar-refractivity contribution in [2.45, 2.75) is 6.54 Å². The molecule has 3 rings (SSSR count). The number of nitrogens with one attached hydrogen (secondary N) is 1. The first-order valence-corrected chi connectivity index (χ1v) is 6.31. The number of hydrogen-bond donors (Lipinski definition) is 1. The standard InChI is InChI=1S/C13H10ClN5O/c14-10-5-3-4-9(16-10)13(20)15-8-12-18-17-11-6-1-2-7-19(11)12/h1-7H,8H2,(H,15,20). The van der Waals surface area contributed by atoms with Gasteiger partial charge in [-0.25, -0.2) is 4.98 Å². The molecule has 0 spiro atoms. The smallest absolute Gasteiger partial charge is 0.270 e. The summed E-state index contributed by atoms with van der Waals surface area (Å²) in [4.78, 5) is 15.9. The van der Waals surface area contributed by atoms with Gasteiger partial charge in [0.25, 0.3) is 5.91 Å². The Morgan fingerprint density at radius 3 is 2.95 bits per heavy atom. The Hall–Kier alpha value is -2.47. The summed E-state index contributed by atoms with van der Waals surface area (Å²) in [6.07, 6.45) is 1.84. The minimum atomic E-state index is -0.305. The van der Waals surface area contributed by atoms with E-state index in [0.717, 1.165) is 5.65 Å². The first kappa shape index (κ1) is 12.6. The summed E-state index contributed by atoms with van der Waals surface area (Å²) >= 11 is 5.75. The molecule has 20 heavy (non-hydrogen) atoms. The van der Waals surface area contributed by atoms with Gasteiger partial charge in [-0.2, -0.15) is 0 Å². The maximum Gasteiger partial charge on any atom is 0.270 e. The van der Waals surface area contributed by atoms with Crippen LogP contribution in [0.2, 0.25) is 5.15 Å². The molecule has 3 heterocycles. The van der Waals surface area contributed by atoms with Crippen LogP contribution in [0.5, 0.6) is 0 Å². The van der Waals surface area contributed by atoms with Crippen LogP contribution in [0.25, 0.3) is 5.65 Å². The first-order valence-electron chi connectivity index (χ1n) is 5.93. The fourth-order valence-electron chi connectivity index (χ4n) is 1.80. The number of aromatic nitrogens is 4. The number of hydrogen-bond acceptors (Lipinski definition) is 4. The lowest BCUT2D eigenvalue weighted by atomic mass is 10.3. The molecule has 1 amide bonds. The minimum Gasteiger partial charge on any atom is -0.343 e. The molecule has 100 valence electrons. The zero-order chi connectivity index (χ0) is 13.9. The van der Waals surface area contributed by atoms with Crippen LogP contribution in [0.15, 0.2) is 42.6 Å². The molecular weight excluding hydrogens is 278 g/mol. The van der Waals surface area contributed by atoms with Gasteiger partial charge in [-0.05, 0) is 24.3 Å². The highest BCUT2D eigenvalue weighted by atomic mass is 35.5. The summed E-state index contributed by atoms with van der Waals surface area (Å²) in [6, 6.07) is 10.5. The van der Waals surface area contributed by atoms with Gasteiger partial charge in [-0.15, -0.1) is 10.2 Å². The van der Waals surface area contributed by atoms with Crippen molar-refractivity contribution < 1.29 is 4.79 Å². The van der Waals surface area contributed by atoms with Gasteiger partial charge in [-0.3, -0.25) is 9.20 Å². The van der Waals surface area contributed by atoms with Gasteiger partial charge >= 0.3 is 0 Å². The summed E-state index contributed by atoms with van der Waals surface area (Å²) in [5.41, 5.74) is 1.00. The molecule has 0 aromatic carbocycles. The second kappa shape index (κ2) is 5.26. The highest BCUT2D eigenvalue weighted by Crippen LogP contribution is 2.06. The van der Waals surface area contributed by atoms with Crippen molar-refractivity contribution in [1.29, 1.82) is 0 Å². The zero-order valence-electron chi connectivity index (χ0n) is 10.3. The van der Waals surface area contributed by atoms with E-state index in [0.29, 0.717) is 5.82 Å². The summed E-state index contributed by atoms with van der Waals surface area (Å²) in [6.45, 7) is 0.262. The van der Waals surface area contributed by atoms with Crippen LogP contribution in [0.1, 0.15) is 16.3 Å². The monoisotopic (exact) mass is 287 g/mol. The van der Waals surface area contributed by atoms with Crippen molar-refractivity contribution in [3.63, 3.8) is 0 Å². The molecule has 7 heteroatoms. The van der Waals surface area contributed by atoms with Gasteiger partial charge in [0.1, 0.15) is 10.8 Å². The molecule has 0 bridgehead atoms. The number of amides is 1. The fourth-order valence-corrected chi connectivity index (χ4v) is 1.96. The molecule has 0 aliphatic heterocycles. The van der Waals surface area contributed by atoms with E-state index in [2.05, 4.69) is 20.5 Å². The number of fused-ring (bicyclic) bond motifs is 1. The predicted octanol–water partition coefficient (Wildman–Crippen LogP) is 1.71. The van der Waals surface area contributed by atoms with Gasteiger partial charge in [0.2, 0.25) is 0 Å². The number of carbonyl (C=O) groups is 1. The SMILES string of the molecule is O=C(NCc1nnc2ccccn12)c1cccc(Cl)n1. The molecule has 6 nitrogen and oxygen atoms in total. The van der Waals surface area contributed by atoms with Gasteiger partial charge in [0.05, 0.1) is 6.54 Å². The molecule has 0 saturated carbocycles. The van der Waals surface area contributed by atoms with Gasteiger partial charge in [0, 0.05) is 6.20 Å². The average Bonchev–Trinajstić information content (AvgIpc) is 2.88. The quantitative estimate of drug-likeness (QED) is 0.744. The van der Waals surface area contributed by atoms with Crippen LogP contribution in [0.3, 0.4) is 0 Å². The van der Waals surface area contributed by atoms with E-state index < -0.39 is 0 Å². The Balaban J connectivity index is 1.75. The Morgan fingerprint density at radius 1 is 1.20 bits per heavy atom. The van der Waals surface area contributed by atoms with E-state index in [1.54, 1.807) is 18.2 Å². The fraction of sp³-hybridized carbons (Fsp3) is 0.0769. The van der Waals surface area contributed by atoms with Crippen molar-refractivity contribution in [3.8, 4) is 0 Å². The van der Waals surface area contributed by atoms with E-state index in [-0.39, 0.29) is 23.3 Å². The average molecular weight is 288 g/mol. The molecule has 0 atom stereocenters. The zero-order valence-corrected chi connectivity index (χ0v) is 11.1. The van der Waals surface area contributed by atoms with E-state index in [4.69, 9.17) is 11.6 Å². The molecule has 0 aliphatic carbocycles. The van der Waals surface area contributed by atoms with E-state index in [9.17, 15) is 4.79 Å². The molecular formula is C13H10ClN5O. The normalized spacial score (nSPS) is 10.7. The summed E-state index contributed by atoms with van der Waals surface area (Å²) in [7, 11) is 0. The van der Waals surface area contributed by atoms with Crippen molar-refractivity contribution in [3.05, 3.63) is 59.3 Å². The Morgan fingerprint density at radius 2 is 2.10 bits per heavy atom. The molecule has 0 unspecified atom stereocenters. The Labute approximate surface area is 119 Å². The van der Waals surface area contributed by atoms with Crippen LogP contribution in [-0.4, -0.2) is 25.5 Å². The van der Waals surface area contributed by atoms with Crippen LogP contribution >= 0.6 is 11.6 Å². The van der Waals surface area contributed by atoms with E-state index >= 15 is 0 Å². The molecule has 3 aromatic heterocycles. The Bertz CT molecular complexity index is 770. The topological polar surface area (TPSA) is 72.2 Å². The summed E-state index contributed by atoms with van der Waals surface area (Å²) < 4.78 is 1.81. The molecule has 0 radical (unpaired) electrons. The minimum absolute atomic E-state index is 0.262. The van der Waals surface area contributed by atoms with Crippen LogP contribution < -0.4 is 5.32 Å². The largest absolute Gasteiger partial charge is 0.343 e. The lowest BCUT2D eigenvalue weighted by molar-refractivity contribution is 0.0945. The van der Waals surface area contributed by atoms with Gasteiger partial charge in [0.15, 0.2) is 11.5 Å². The number of carbonyl (C=O) groups excluding carboxylic acids is 1. The second-order valence-corrected chi connectivity index (χ2v) is 4.46. The molecule has 0 saturated heterocycles. The maximum absolute atomic E-state index is 11.9. The van der Waals surface area contributed by atoms with Crippen LogP contribution in [0.4, 0.5) is 0 Å². The van der Waals surface area contributed by atoms with E-state index in [1.807, 2.05) is 28.8 Å². The number of pyridine rings is 2. The van der Waals surface area contributed by atoms with Crippen molar-refractivity contribution in [2.24, 2.45) is 0 Å². The lowest BCUT2D eigenvalue weighted by Crippen LogP contribution is -2.24. The lowest BCUT2D eigenvalue weighted by Gasteiger charge is -2.03. The number of nitrogens with zero attached hydrogens (tertiary/aromatic N) is 4. The molecule has 1 N–H and O–H groups in total. The first-order chi connectivity index (χ1) is 9.74. The number of rotatable bonds is 3. The summed E-state index contributed by atoms with van der Waals surface area (Å²) in [5.74, 6) is 0.344. The summed E-state index contributed by atoms with van der Waals surface area (Å²) in [5, 5.41) is 11.1. The van der Waals surface area contributed by atoms with Gasteiger partial charge < -0.3 is 5.32 Å². The van der Waals surface area contributed by atoms with Crippen molar-refractivity contribution >= 4 is 23.2 Å². The third-order valence-corrected chi connectivity index (χ3v) is 2.95. The molecule has 0 fully saturated rings. The highest BCUT2D eigenvalue weighted by Gasteiger charge is 2.10. The third kappa shape index (κ3) is 2.46. The highest BCUT2D eigenvalue weighted by molar-refractivity contribution is 6.29. The maximum atomic E-state index is 11.9. The second-order valence-electron chi connectivity index (χ2n) is 4.07. The number of halogens is 1. The van der Waals surface area contributed by atoms with E-state index in [1.165, 1.54) is 0 Å². The Kier molecular flexibility index (Phi) is 3.30. The van der Waals surface area contributed by atoms with Crippen molar-refractivity contribution in [1.82, 2.24) is 24.9 Å².